The molecule has 3 N–H and O–H groups in total. The van der Waals surface area contributed by atoms with Gasteiger partial charge in [0.2, 0.25) is 5.95 Å². The first kappa shape index (κ1) is 20.8. The average molecular weight is 429 g/mol. The molecule has 32 heavy (non-hydrogen) atoms. The quantitative estimate of drug-likeness (QED) is 0.389. The van der Waals surface area contributed by atoms with E-state index in [1.807, 2.05) is 26.2 Å². The molecule has 0 radical (unpaired) electrons. The molecule has 1 aliphatic rings. The molecule has 0 saturated heterocycles. The van der Waals surface area contributed by atoms with Crippen molar-refractivity contribution in [3.63, 3.8) is 0 Å². The SMILES string of the molecule is CN(C)c1nc(NCC2CCC(NCc3c[nH]c4ccccc34)CC2)nc2ccccc12. The van der Waals surface area contributed by atoms with Gasteiger partial charge in [0.1, 0.15) is 5.82 Å². The number of H-pyrrole nitrogens is 1. The fourth-order valence-corrected chi connectivity index (χ4v) is 4.82. The second-order valence-electron chi connectivity index (χ2n) is 9.12. The monoisotopic (exact) mass is 428 g/mol. The van der Waals surface area contributed by atoms with Gasteiger partial charge in [-0.1, -0.05) is 30.3 Å². The third kappa shape index (κ3) is 4.41. The summed E-state index contributed by atoms with van der Waals surface area (Å²) < 4.78 is 0. The van der Waals surface area contributed by atoms with Crippen LogP contribution in [0.4, 0.5) is 11.8 Å². The second kappa shape index (κ2) is 9.17. The molecule has 1 fully saturated rings. The molecule has 2 aromatic heterocycles. The highest BCUT2D eigenvalue weighted by molar-refractivity contribution is 5.90. The van der Waals surface area contributed by atoms with Crippen molar-refractivity contribution >= 4 is 33.6 Å². The van der Waals surface area contributed by atoms with Crippen LogP contribution in [-0.2, 0) is 6.54 Å². The summed E-state index contributed by atoms with van der Waals surface area (Å²) in [4.78, 5) is 14.9. The minimum Gasteiger partial charge on any atom is -0.362 e. The highest BCUT2D eigenvalue weighted by Gasteiger charge is 2.21. The molecule has 0 aliphatic heterocycles. The van der Waals surface area contributed by atoms with E-state index in [0.29, 0.717) is 12.0 Å². The minimum absolute atomic E-state index is 0.595. The van der Waals surface area contributed by atoms with Crippen LogP contribution in [0, 0.1) is 5.92 Å². The molecule has 0 unspecified atom stereocenters. The number of hydrogen-bond acceptors (Lipinski definition) is 5. The Morgan fingerprint density at radius 2 is 1.69 bits per heavy atom. The molecule has 5 rings (SSSR count). The summed E-state index contributed by atoms with van der Waals surface area (Å²) in [5.74, 6) is 2.36. The Morgan fingerprint density at radius 1 is 0.938 bits per heavy atom. The lowest BCUT2D eigenvalue weighted by atomic mass is 9.86. The number of nitrogens with one attached hydrogen (secondary N) is 3. The molecule has 0 atom stereocenters. The van der Waals surface area contributed by atoms with Crippen LogP contribution >= 0.6 is 0 Å². The Bertz CT molecular complexity index is 1190. The molecule has 0 bridgehead atoms. The van der Waals surface area contributed by atoms with E-state index in [0.717, 1.165) is 35.8 Å². The summed E-state index contributed by atoms with van der Waals surface area (Å²) >= 11 is 0. The van der Waals surface area contributed by atoms with Crippen LogP contribution in [0.2, 0.25) is 0 Å². The van der Waals surface area contributed by atoms with Crippen LogP contribution in [0.3, 0.4) is 0 Å². The Morgan fingerprint density at radius 3 is 2.50 bits per heavy atom. The van der Waals surface area contributed by atoms with E-state index < -0.39 is 0 Å². The summed E-state index contributed by atoms with van der Waals surface area (Å²) in [7, 11) is 4.06. The average Bonchev–Trinajstić information content (AvgIpc) is 3.24. The van der Waals surface area contributed by atoms with Crippen molar-refractivity contribution in [2.24, 2.45) is 5.92 Å². The van der Waals surface area contributed by atoms with E-state index in [-0.39, 0.29) is 0 Å². The normalized spacial score (nSPS) is 18.8. The fourth-order valence-electron chi connectivity index (χ4n) is 4.82. The van der Waals surface area contributed by atoms with Crippen molar-refractivity contribution in [3.05, 3.63) is 60.3 Å². The maximum Gasteiger partial charge on any atom is 0.225 e. The topological polar surface area (TPSA) is 68.9 Å². The molecule has 6 nitrogen and oxygen atoms in total. The molecule has 2 heterocycles. The smallest absolute Gasteiger partial charge is 0.225 e. The number of rotatable bonds is 7. The van der Waals surface area contributed by atoms with Crippen molar-refractivity contribution in [3.8, 4) is 0 Å². The van der Waals surface area contributed by atoms with Crippen LogP contribution in [0.5, 0.6) is 0 Å². The number of hydrogen-bond donors (Lipinski definition) is 3. The Kier molecular flexibility index (Phi) is 5.95. The third-order valence-electron chi connectivity index (χ3n) is 6.66. The molecule has 6 heteroatoms. The van der Waals surface area contributed by atoms with Crippen molar-refractivity contribution in [1.29, 1.82) is 0 Å². The lowest BCUT2D eigenvalue weighted by Crippen LogP contribution is -2.34. The summed E-state index contributed by atoms with van der Waals surface area (Å²) in [6, 6.07) is 17.3. The van der Waals surface area contributed by atoms with Crippen LogP contribution in [-0.4, -0.2) is 41.6 Å². The maximum absolute atomic E-state index is 4.77. The van der Waals surface area contributed by atoms with Crippen molar-refractivity contribution in [2.45, 2.75) is 38.3 Å². The summed E-state index contributed by atoms with van der Waals surface area (Å²) in [5, 5.41) is 9.71. The maximum atomic E-state index is 4.77. The minimum atomic E-state index is 0.595. The molecule has 0 spiro atoms. The highest BCUT2D eigenvalue weighted by atomic mass is 15.2. The number of aromatic nitrogens is 3. The number of benzene rings is 2. The molecule has 1 saturated carbocycles. The molecular weight excluding hydrogens is 396 g/mol. The van der Waals surface area contributed by atoms with Crippen LogP contribution in [0.25, 0.3) is 21.8 Å². The van der Waals surface area contributed by atoms with Crippen LogP contribution < -0.4 is 15.5 Å². The van der Waals surface area contributed by atoms with Gasteiger partial charge < -0.3 is 20.5 Å². The molecule has 0 amide bonds. The number of anilines is 2. The van der Waals surface area contributed by atoms with Crippen LogP contribution in [0.15, 0.2) is 54.7 Å². The molecule has 166 valence electrons. The van der Waals surface area contributed by atoms with E-state index in [4.69, 9.17) is 9.97 Å². The predicted octanol–water partition coefficient (Wildman–Crippen LogP) is 4.94. The zero-order chi connectivity index (χ0) is 21.9. The number of fused-ring (bicyclic) bond motifs is 2. The number of nitrogens with zero attached hydrogens (tertiary/aromatic N) is 3. The molecular formula is C26H32N6. The summed E-state index contributed by atoms with van der Waals surface area (Å²) in [6.07, 6.45) is 7.03. The van der Waals surface area contributed by atoms with Gasteiger partial charge in [-0.25, -0.2) is 4.98 Å². The predicted molar refractivity (Wildman–Crippen MR) is 133 cm³/mol. The first-order valence-corrected chi connectivity index (χ1v) is 11.6. The lowest BCUT2D eigenvalue weighted by Gasteiger charge is -2.29. The number of para-hydroxylation sites is 2. The van der Waals surface area contributed by atoms with Gasteiger partial charge in [0.05, 0.1) is 5.52 Å². The molecule has 4 aromatic rings. The largest absolute Gasteiger partial charge is 0.362 e. The summed E-state index contributed by atoms with van der Waals surface area (Å²) in [6.45, 7) is 1.86. The van der Waals surface area contributed by atoms with E-state index in [1.165, 1.54) is 42.1 Å². The van der Waals surface area contributed by atoms with Gasteiger partial charge in [0.25, 0.3) is 0 Å². The molecule has 2 aromatic carbocycles. The van der Waals surface area contributed by atoms with Crippen LogP contribution in [0.1, 0.15) is 31.2 Å². The van der Waals surface area contributed by atoms with Gasteiger partial charge in [-0.15, -0.1) is 0 Å². The van der Waals surface area contributed by atoms with Gasteiger partial charge in [0.15, 0.2) is 0 Å². The fraction of sp³-hybridized carbons (Fsp3) is 0.385. The van der Waals surface area contributed by atoms with Crippen molar-refractivity contribution in [1.82, 2.24) is 20.3 Å². The Balaban J connectivity index is 1.14. The Labute approximate surface area is 189 Å². The first-order valence-electron chi connectivity index (χ1n) is 11.6. The highest BCUT2D eigenvalue weighted by Crippen LogP contribution is 2.27. The van der Waals surface area contributed by atoms with E-state index >= 15 is 0 Å². The van der Waals surface area contributed by atoms with Gasteiger partial charge in [-0.3, -0.25) is 0 Å². The summed E-state index contributed by atoms with van der Waals surface area (Å²) in [5.41, 5.74) is 3.56. The molecule has 1 aliphatic carbocycles. The van der Waals surface area contributed by atoms with Gasteiger partial charge in [-0.2, -0.15) is 4.98 Å². The Hall–Kier alpha value is -3.12. The standard InChI is InChI=1S/C26H32N6/c1-32(2)25-22-8-4-6-10-24(22)30-26(31-25)29-15-18-11-13-20(14-12-18)27-16-19-17-28-23-9-5-3-7-21(19)23/h3-10,17-18,20,27-28H,11-16H2,1-2H3,(H,29,30,31). The third-order valence-corrected chi connectivity index (χ3v) is 6.66. The van der Waals surface area contributed by atoms with Gasteiger partial charge >= 0.3 is 0 Å². The van der Waals surface area contributed by atoms with Crippen molar-refractivity contribution < 1.29 is 0 Å². The number of aromatic amines is 1. The second-order valence-corrected chi connectivity index (χ2v) is 9.12. The first-order chi connectivity index (χ1) is 15.7. The van der Waals surface area contributed by atoms with Gasteiger partial charge in [-0.05, 0) is 55.4 Å². The van der Waals surface area contributed by atoms with Crippen molar-refractivity contribution in [2.75, 3.05) is 30.9 Å². The van der Waals surface area contributed by atoms with E-state index in [1.54, 1.807) is 0 Å². The zero-order valence-corrected chi connectivity index (χ0v) is 18.9. The van der Waals surface area contributed by atoms with E-state index in [2.05, 4.69) is 63.1 Å². The zero-order valence-electron chi connectivity index (χ0n) is 18.9. The lowest BCUT2D eigenvalue weighted by molar-refractivity contribution is 0.300. The van der Waals surface area contributed by atoms with Gasteiger partial charge in [0, 0.05) is 55.7 Å². The van der Waals surface area contributed by atoms with E-state index in [9.17, 15) is 0 Å².